The Labute approximate surface area is 106 Å². The van der Waals surface area contributed by atoms with Crippen molar-refractivity contribution < 1.29 is 0 Å². The van der Waals surface area contributed by atoms with Gasteiger partial charge in [-0.2, -0.15) is 0 Å². The Hall–Kier alpha value is -0.820. The third-order valence-electron chi connectivity index (χ3n) is 4.14. The summed E-state index contributed by atoms with van der Waals surface area (Å²) in [7, 11) is 0. The minimum atomic E-state index is 0.504. The summed E-state index contributed by atoms with van der Waals surface area (Å²) in [5, 5.41) is 3.46. The highest BCUT2D eigenvalue weighted by Gasteiger charge is 2.46. The van der Waals surface area contributed by atoms with E-state index in [1.54, 1.807) is 5.56 Å². The van der Waals surface area contributed by atoms with Crippen LogP contribution in [0.3, 0.4) is 0 Å². The molecule has 0 saturated heterocycles. The Kier molecular flexibility index (Phi) is 3.58. The fourth-order valence-electron chi connectivity index (χ4n) is 2.61. The van der Waals surface area contributed by atoms with Crippen LogP contribution < -0.4 is 5.32 Å². The molecule has 1 N–H and O–H groups in total. The molecule has 1 nitrogen and oxygen atoms in total. The average molecular weight is 231 g/mol. The molecule has 1 aromatic carbocycles. The fraction of sp³-hybridized carbons (Fsp3) is 0.625. The second-order valence-electron chi connectivity index (χ2n) is 6.04. The molecule has 0 heterocycles. The molecule has 1 aliphatic carbocycles. The number of rotatable bonds is 5. The van der Waals surface area contributed by atoms with Crippen LogP contribution in [0, 0.1) is 5.92 Å². The zero-order chi connectivity index (χ0) is 12.5. The van der Waals surface area contributed by atoms with E-state index in [1.807, 2.05) is 0 Å². The van der Waals surface area contributed by atoms with Crippen LogP contribution in [0.15, 0.2) is 24.3 Å². The van der Waals surface area contributed by atoms with Crippen LogP contribution in [0.2, 0.25) is 0 Å². The van der Waals surface area contributed by atoms with Crippen LogP contribution in [-0.4, -0.2) is 6.04 Å². The summed E-state index contributed by atoms with van der Waals surface area (Å²) >= 11 is 0. The molecule has 1 fully saturated rings. The van der Waals surface area contributed by atoms with E-state index < -0.39 is 0 Å². The van der Waals surface area contributed by atoms with Crippen LogP contribution in [-0.2, 0) is 12.0 Å². The Morgan fingerprint density at radius 2 is 1.65 bits per heavy atom. The van der Waals surface area contributed by atoms with Gasteiger partial charge in [0.2, 0.25) is 0 Å². The average Bonchev–Trinajstić information content (AvgIpc) is 3.08. The summed E-state index contributed by atoms with van der Waals surface area (Å²) in [6.07, 6.45) is 2.74. The highest BCUT2D eigenvalue weighted by atomic mass is 14.9. The first kappa shape index (κ1) is 12.6. The molecule has 0 spiro atoms. The Morgan fingerprint density at radius 1 is 1.06 bits per heavy atom. The summed E-state index contributed by atoms with van der Waals surface area (Å²) < 4.78 is 0. The van der Waals surface area contributed by atoms with Gasteiger partial charge in [0.05, 0.1) is 0 Å². The van der Waals surface area contributed by atoms with Gasteiger partial charge in [0.15, 0.2) is 0 Å². The summed E-state index contributed by atoms with van der Waals surface area (Å²) in [6, 6.07) is 9.80. The molecule has 1 aromatic rings. The molecular formula is C16H25N. The first-order valence-electron chi connectivity index (χ1n) is 6.87. The molecule has 2 rings (SSSR count). The van der Waals surface area contributed by atoms with Crippen LogP contribution >= 0.6 is 0 Å². The van der Waals surface area contributed by atoms with Gasteiger partial charge in [0.25, 0.3) is 0 Å². The molecule has 0 bridgehead atoms. The van der Waals surface area contributed by atoms with Crippen LogP contribution in [0.1, 0.15) is 51.7 Å². The smallest absolute Gasteiger partial charge is 0.0207 e. The van der Waals surface area contributed by atoms with Crippen molar-refractivity contribution >= 4 is 0 Å². The van der Waals surface area contributed by atoms with E-state index in [4.69, 9.17) is 0 Å². The molecule has 17 heavy (non-hydrogen) atoms. The normalized spacial score (nSPS) is 17.8. The predicted molar refractivity (Wildman–Crippen MR) is 74.2 cm³/mol. The fourth-order valence-corrected chi connectivity index (χ4v) is 2.61. The van der Waals surface area contributed by atoms with Gasteiger partial charge in [-0.05, 0) is 35.3 Å². The Bertz CT molecular complexity index is 358. The number of hydrogen-bond donors (Lipinski definition) is 1. The molecule has 0 amide bonds. The monoisotopic (exact) mass is 231 g/mol. The summed E-state index contributed by atoms with van der Waals surface area (Å²) in [5.41, 5.74) is 3.44. The minimum absolute atomic E-state index is 0.504. The first-order chi connectivity index (χ1) is 8.04. The molecular weight excluding hydrogens is 206 g/mol. The van der Waals surface area contributed by atoms with Crippen molar-refractivity contribution in [1.82, 2.24) is 5.32 Å². The van der Waals surface area contributed by atoms with Crippen molar-refractivity contribution in [3.05, 3.63) is 35.4 Å². The van der Waals surface area contributed by atoms with Gasteiger partial charge in [-0.3, -0.25) is 0 Å². The van der Waals surface area contributed by atoms with E-state index in [1.165, 1.54) is 18.4 Å². The van der Waals surface area contributed by atoms with Gasteiger partial charge in [-0.25, -0.2) is 0 Å². The SMILES string of the molecule is CC(C)NCc1ccc(C2(C(C)C)CC2)cc1. The van der Waals surface area contributed by atoms with Crippen molar-refractivity contribution in [3.63, 3.8) is 0 Å². The lowest BCUT2D eigenvalue weighted by Gasteiger charge is -2.20. The Balaban J connectivity index is 2.03. The third kappa shape index (κ3) is 2.71. The molecule has 0 radical (unpaired) electrons. The van der Waals surface area contributed by atoms with Crippen molar-refractivity contribution in [2.75, 3.05) is 0 Å². The zero-order valence-corrected chi connectivity index (χ0v) is 11.6. The zero-order valence-electron chi connectivity index (χ0n) is 11.6. The molecule has 0 aromatic heterocycles. The van der Waals surface area contributed by atoms with Crippen molar-refractivity contribution in [2.24, 2.45) is 5.92 Å². The van der Waals surface area contributed by atoms with Crippen molar-refractivity contribution in [3.8, 4) is 0 Å². The maximum Gasteiger partial charge on any atom is 0.0207 e. The largest absolute Gasteiger partial charge is 0.310 e. The number of hydrogen-bond acceptors (Lipinski definition) is 1. The van der Waals surface area contributed by atoms with Gasteiger partial charge < -0.3 is 5.32 Å². The van der Waals surface area contributed by atoms with Crippen LogP contribution in [0.4, 0.5) is 0 Å². The van der Waals surface area contributed by atoms with Gasteiger partial charge >= 0.3 is 0 Å². The highest BCUT2D eigenvalue weighted by molar-refractivity contribution is 5.34. The maximum absolute atomic E-state index is 3.46. The first-order valence-corrected chi connectivity index (χ1v) is 6.87. The summed E-state index contributed by atoms with van der Waals surface area (Å²) in [5.74, 6) is 0.766. The van der Waals surface area contributed by atoms with Gasteiger partial charge in [0, 0.05) is 12.6 Å². The lowest BCUT2D eigenvalue weighted by molar-refractivity contribution is 0.481. The van der Waals surface area contributed by atoms with Crippen molar-refractivity contribution in [1.29, 1.82) is 0 Å². The standard InChI is InChI=1S/C16H25N/c1-12(2)16(9-10-16)15-7-5-14(6-8-15)11-17-13(3)4/h5-8,12-13,17H,9-11H2,1-4H3. The van der Waals surface area contributed by atoms with E-state index in [9.17, 15) is 0 Å². The second-order valence-corrected chi connectivity index (χ2v) is 6.04. The van der Waals surface area contributed by atoms with E-state index in [2.05, 4.69) is 57.3 Å². The van der Waals surface area contributed by atoms with E-state index in [0.717, 1.165) is 12.5 Å². The highest BCUT2D eigenvalue weighted by Crippen LogP contribution is 2.53. The molecule has 1 saturated carbocycles. The quantitative estimate of drug-likeness (QED) is 0.811. The number of nitrogens with one attached hydrogen (secondary N) is 1. The summed E-state index contributed by atoms with van der Waals surface area (Å²) in [4.78, 5) is 0. The second kappa shape index (κ2) is 4.81. The molecule has 0 unspecified atom stereocenters. The molecule has 1 heteroatoms. The van der Waals surface area contributed by atoms with Crippen LogP contribution in [0.5, 0.6) is 0 Å². The Morgan fingerprint density at radius 3 is 2.06 bits per heavy atom. The van der Waals surface area contributed by atoms with Crippen molar-refractivity contribution in [2.45, 2.75) is 58.5 Å². The van der Waals surface area contributed by atoms with Crippen LogP contribution in [0.25, 0.3) is 0 Å². The van der Waals surface area contributed by atoms with E-state index in [-0.39, 0.29) is 0 Å². The molecule has 1 aliphatic rings. The van der Waals surface area contributed by atoms with Gasteiger partial charge in [0.1, 0.15) is 0 Å². The summed E-state index contributed by atoms with van der Waals surface area (Å²) in [6.45, 7) is 10.0. The molecule has 94 valence electrons. The third-order valence-corrected chi connectivity index (χ3v) is 4.14. The lowest BCUT2D eigenvalue weighted by Crippen LogP contribution is -2.22. The van der Waals surface area contributed by atoms with Gasteiger partial charge in [-0.1, -0.05) is 52.0 Å². The van der Waals surface area contributed by atoms with E-state index in [0.29, 0.717) is 11.5 Å². The predicted octanol–water partition coefficient (Wildman–Crippen LogP) is 3.87. The molecule has 0 atom stereocenters. The minimum Gasteiger partial charge on any atom is -0.310 e. The van der Waals surface area contributed by atoms with Gasteiger partial charge in [-0.15, -0.1) is 0 Å². The van der Waals surface area contributed by atoms with E-state index >= 15 is 0 Å². The molecule has 0 aliphatic heterocycles. The lowest BCUT2D eigenvalue weighted by atomic mass is 9.85. The number of benzene rings is 1. The topological polar surface area (TPSA) is 12.0 Å². The maximum atomic E-state index is 3.46.